The minimum atomic E-state index is -1.40. The maximum absolute atomic E-state index is 14.3. The van der Waals surface area contributed by atoms with Crippen LogP contribution >= 0.6 is 0 Å². The second-order valence-electron chi connectivity index (χ2n) is 7.85. The van der Waals surface area contributed by atoms with Gasteiger partial charge >= 0.3 is 0 Å². The summed E-state index contributed by atoms with van der Waals surface area (Å²) in [4.78, 5) is 31.5. The average Bonchev–Trinajstić information content (AvgIpc) is 3.08. The van der Waals surface area contributed by atoms with Crippen LogP contribution in [-0.4, -0.2) is 11.8 Å². The number of nitrogens with zero attached hydrogens (tertiary/aromatic N) is 2. The maximum atomic E-state index is 14.3. The Labute approximate surface area is 185 Å². The molecule has 2 amide bonds. The Morgan fingerprint density at radius 2 is 1.22 bits per heavy atom. The molecule has 32 heavy (non-hydrogen) atoms. The normalized spacial score (nSPS) is 19.0. The molecule has 6 rings (SSSR count). The van der Waals surface area contributed by atoms with E-state index in [4.69, 9.17) is 0 Å². The summed E-state index contributed by atoms with van der Waals surface area (Å²) in [7, 11) is 0. The van der Waals surface area contributed by atoms with Gasteiger partial charge in [0.05, 0.1) is 11.3 Å². The van der Waals surface area contributed by atoms with Crippen LogP contribution in [0.25, 0.3) is 0 Å². The van der Waals surface area contributed by atoms with Gasteiger partial charge in [0.2, 0.25) is 5.66 Å². The van der Waals surface area contributed by atoms with Crippen LogP contribution in [0.4, 0.5) is 22.7 Å². The lowest BCUT2D eigenvalue weighted by Crippen LogP contribution is -2.62. The van der Waals surface area contributed by atoms with Crippen molar-refractivity contribution in [3.05, 3.63) is 120 Å². The molecular weight excluding hydrogens is 398 g/mol. The van der Waals surface area contributed by atoms with Crippen LogP contribution in [0.15, 0.2) is 109 Å². The smallest absolute Gasteiger partial charge is 0.283 e. The second kappa shape index (κ2) is 6.82. The highest BCUT2D eigenvalue weighted by Crippen LogP contribution is 2.51. The molecule has 2 aliphatic rings. The molecule has 1 unspecified atom stereocenters. The van der Waals surface area contributed by atoms with Crippen LogP contribution in [-0.2, 0) is 10.5 Å². The van der Waals surface area contributed by atoms with E-state index in [1.54, 1.807) is 15.9 Å². The quantitative estimate of drug-likeness (QED) is 0.482. The van der Waals surface area contributed by atoms with Gasteiger partial charge in [0.1, 0.15) is 0 Å². The molecule has 0 bridgehead atoms. The molecule has 2 aliphatic heterocycles. The van der Waals surface area contributed by atoms with Gasteiger partial charge in [0, 0.05) is 22.6 Å². The van der Waals surface area contributed by atoms with E-state index in [2.05, 4.69) is 5.32 Å². The van der Waals surface area contributed by atoms with Crippen LogP contribution in [0.1, 0.15) is 15.9 Å². The molecule has 4 aromatic carbocycles. The van der Waals surface area contributed by atoms with Gasteiger partial charge in [0.15, 0.2) is 0 Å². The summed E-state index contributed by atoms with van der Waals surface area (Å²) >= 11 is 0. The number of rotatable bonds is 2. The third-order valence-corrected chi connectivity index (χ3v) is 6.09. The number of fused-ring (bicyclic) bond motifs is 3. The van der Waals surface area contributed by atoms with Crippen LogP contribution < -0.4 is 15.1 Å². The Hall–Kier alpha value is -4.38. The fourth-order valence-electron chi connectivity index (χ4n) is 4.72. The van der Waals surface area contributed by atoms with Gasteiger partial charge in [-0.25, -0.2) is 0 Å². The minimum Gasteiger partial charge on any atom is -0.350 e. The largest absolute Gasteiger partial charge is 0.350 e. The number of benzene rings is 4. The lowest BCUT2D eigenvalue weighted by Gasteiger charge is -2.45. The molecule has 0 radical (unpaired) electrons. The molecule has 5 heteroatoms. The molecule has 154 valence electrons. The van der Waals surface area contributed by atoms with E-state index in [-0.39, 0.29) is 11.8 Å². The van der Waals surface area contributed by atoms with Gasteiger partial charge in [-0.2, -0.15) is 0 Å². The molecule has 0 aromatic heterocycles. The Morgan fingerprint density at radius 3 is 1.97 bits per heavy atom. The van der Waals surface area contributed by atoms with E-state index >= 15 is 0 Å². The zero-order valence-electron chi connectivity index (χ0n) is 17.1. The predicted molar refractivity (Wildman–Crippen MR) is 125 cm³/mol. The number of anilines is 4. The molecule has 5 nitrogen and oxygen atoms in total. The van der Waals surface area contributed by atoms with Crippen molar-refractivity contribution in [1.82, 2.24) is 0 Å². The lowest BCUT2D eigenvalue weighted by atomic mass is 9.92. The van der Waals surface area contributed by atoms with E-state index in [9.17, 15) is 9.59 Å². The summed E-state index contributed by atoms with van der Waals surface area (Å²) in [5.41, 5.74) is 2.66. The fraction of sp³-hybridized carbons (Fsp3) is 0.0370. The number of carbonyl (C=O) groups is 2. The zero-order chi connectivity index (χ0) is 21.7. The Balaban J connectivity index is 1.66. The third-order valence-electron chi connectivity index (χ3n) is 6.09. The summed E-state index contributed by atoms with van der Waals surface area (Å²) in [6.45, 7) is 0. The monoisotopic (exact) mass is 417 g/mol. The molecule has 0 fully saturated rings. The van der Waals surface area contributed by atoms with Crippen molar-refractivity contribution in [2.75, 3.05) is 15.1 Å². The van der Waals surface area contributed by atoms with E-state index in [1.807, 2.05) is 103 Å². The highest BCUT2D eigenvalue weighted by molar-refractivity contribution is 6.24. The molecule has 0 aliphatic carbocycles. The minimum absolute atomic E-state index is 0.219. The van der Waals surface area contributed by atoms with E-state index in [0.717, 1.165) is 16.9 Å². The number of hydrogen-bond acceptors (Lipinski definition) is 3. The lowest BCUT2D eigenvalue weighted by molar-refractivity contribution is -0.121. The van der Waals surface area contributed by atoms with Crippen molar-refractivity contribution in [2.24, 2.45) is 0 Å². The van der Waals surface area contributed by atoms with Crippen LogP contribution in [0.2, 0.25) is 0 Å². The zero-order valence-corrected chi connectivity index (χ0v) is 17.1. The third kappa shape index (κ3) is 2.39. The SMILES string of the molecule is O=C1c2ccccc2NC2(C(=O)N(c3ccccc3)c3ccccc32)N1c1ccccc1. The highest BCUT2D eigenvalue weighted by Gasteiger charge is 2.60. The summed E-state index contributed by atoms with van der Waals surface area (Å²) in [6, 6.07) is 33.9. The van der Waals surface area contributed by atoms with Gasteiger partial charge in [-0.05, 0) is 42.5 Å². The Morgan fingerprint density at radius 1 is 0.625 bits per heavy atom. The average molecular weight is 417 g/mol. The topological polar surface area (TPSA) is 52.7 Å². The Bertz CT molecular complexity index is 1350. The van der Waals surface area contributed by atoms with Gasteiger partial charge in [-0.15, -0.1) is 0 Å². The first-order valence-corrected chi connectivity index (χ1v) is 10.5. The molecule has 1 N–H and O–H groups in total. The van der Waals surface area contributed by atoms with Crippen molar-refractivity contribution in [3.8, 4) is 0 Å². The Kier molecular flexibility index (Phi) is 3.92. The number of hydrogen-bond donors (Lipinski definition) is 1. The summed E-state index contributed by atoms with van der Waals surface area (Å²) < 4.78 is 0. The van der Waals surface area contributed by atoms with Gasteiger partial charge < -0.3 is 5.32 Å². The first kappa shape index (κ1) is 18.4. The van der Waals surface area contributed by atoms with Crippen molar-refractivity contribution in [3.63, 3.8) is 0 Å². The first-order chi connectivity index (χ1) is 15.7. The summed E-state index contributed by atoms with van der Waals surface area (Å²) in [5.74, 6) is -0.444. The van der Waals surface area contributed by atoms with Gasteiger partial charge in [-0.1, -0.05) is 66.7 Å². The van der Waals surface area contributed by atoms with E-state index in [1.165, 1.54) is 0 Å². The van der Waals surface area contributed by atoms with E-state index < -0.39 is 5.66 Å². The van der Waals surface area contributed by atoms with Crippen LogP contribution in [0, 0.1) is 0 Å². The molecule has 1 atom stereocenters. The maximum Gasteiger partial charge on any atom is 0.283 e. The van der Waals surface area contributed by atoms with Crippen molar-refractivity contribution in [1.29, 1.82) is 0 Å². The van der Waals surface area contributed by atoms with Crippen molar-refractivity contribution < 1.29 is 9.59 Å². The molecular formula is C27H19N3O2. The van der Waals surface area contributed by atoms with Gasteiger partial charge in [-0.3, -0.25) is 19.4 Å². The second-order valence-corrected chi connectivity index (χ2v) is 7.85. The number of nitrogens with one attached hydrogen (secondary N) is 1. The summed E-state index contributed by atoms with van der Waals surface area (Å²) in [5, 5.41) is 3.47. The molecule has 1 spiro atoms. The predicted octanol–water partition coefficient (Wildman–Crippen LogP) is 5.29. The number of amides is 2. The molecule has 0 saturated carbocycles. The first-order valence-electron chi connectivity index (χ1n) is 10.5. The number of para-hydroxylation sites is 4. The van der Waals surface area contributed by atoms with Crippen molar-refractivity contribution >= 4 is 34.6 Å². The highest BCUT2D eigenvalue weighted by atomic mass is 16.2. The van der Waals surface area contributed by atoms with Crippen LogP contribution in [0.3, 0.4) is 0 Å². The summed E-state index contributed by atoms with van der Waals surface area (Å²) in [6.07, 6.45) is 0. The molecule has 0 saturated heterocycles. The van der Waals surface area contributed by atoms with Gasteiger partial charge in [0.25, 0.3) is 11.8 Å². The molecule has 4 aromatic rings. The van der Waals surface area contributed by atoms with Crippen molar-refractivity contribution in [2.45, 2.75) is 5.66 Å². The van der Waals surface area contributed by atoms with E-state index in [0.29, 0.717) is 16.9 Å². The standard InChI is InChI=1S/C27H19N3O2/c31-25-21-15-7-9-17-23(21)28-27(30(25)20-13-5-2-6-14-20)22-16-8-10-18-24(22)29(26(27)32)19-11-3-1-4-12-19/h1-18,28H. The fourth-order valence-corrected chi connectivity index (χ4v) is 4.72. The van der Waals surface area contributed by atoms with Crippen LogP contribution in [0.5, 0.6) is 0 Å². The molecule has 2 heterocycles. The number of carbonyl (C=O) groups excluding carboxylic acids is 2.